The molecule has 0 spiro atoms. The monoisotopic (exact) mass is 337 g/mol. The van der Waals surface area contributed by atoms with E-state index < -0.39 is 0 Å². The predicted octanol–water partition coefficient (Wildman–Crippen LogP) is 1.03. The number of carbonyl (C=O) groups excluding carboxylic acids is 1. The number of benzene rings is 1. The van der Waals surface area contributed by atoms with Crippen LogP contribution in [-0.4, -0.2) is 31.3 Å². The maximum absolute atomic E-state index is 12.4. The van der Waals surface area contributed by atoms with Crippen LogP contribution in [0.25, 0.3) is 10.8 Å². The largest absolute Gasteiger partial charge is 0.350 e. The van der Waals surface area contributed by atoms with Gasteiger partial charge in [-0.1, -0.05) is 18.2 Å². The molecule has 7 heteroatoms. The van der Waals surface area contributed by atoms with Gasteiger partial charge >= 0.3 is 0 Å². The van der Waals surface area contributed by atoms with Crippen LogP contribution in [-0.2, 0) is 24.3 Å². The van der Waals surface area contributed by atoms with Crippen molar-refractivity contribution in [2.45, 2.75) is 38.9 Å². The highest BCUT2D eigenvalue weighted by atomic mass is 16.2. The van der Waals surface area contributed by atoms with Gasteiger partial charge in [-0.2, -0.15) is 5.10 Å². The van der Waals surface area contributed by atoms with Crippen LogP contribution in [0.4, 0.5) is 0 Å². The molecule has 1 aliphatic heterocycles. The van der Waals surface area contributed by atoms with E-state index in [1.807, 2.05) is 25.3 Å². The average Bonchev–Trinajstić information content (AvgIpc) is 2.97. The molecule has 0 bridgehead atoms. The maximum Gasteiger partial charge on any atom is 0.275 e. The Morgan fingerprint density at radius 3 is 3.08 bits per heavy atom. The van der Waals surface area contributed by atoms with Gasteiger partial charge in [0.2, 0.25) is 5.91 Å². The van der Waals surface area contributed by atoms with Crippen LogP contribution in [0, 0.1) is 6.92 Å². The first-order valence-electron chi connectivity index (χ1n) is 8.37. The molecule has 0 saturated carbocycles. The van der Waals surface area contributed by atoms with Gasteiger partial charge < -0.3 is 9.88 Å². The lowest BCUT2D eigenvalue weighted by Crippen LogP contribution is -2.43. The maximum atomic E-state index is 12.4. The van der Waals surface area contributed by atoms with E-state index in [0.717, 1.165) is 29.7 Å². The SMILES string of the molecule is Cc1cn2c(n1)CCC(NC(=O)Cn1ncc3ccccc3c1=O)C2. The topological polar surface area (TPSA) is 81.8 Å². The van der Waals surface area contributed by atoms with Crippen LogP contribution in [0.15, 0.2) is 41.5 Å². The first kappa shape index (κ1) is 15.6. The van der Waals surface area contributed by atoms with Crippen molar-refractivity contribution in [3.05, 3.63) is 58.5 Å². The average molecular weight is 337 g/mol. The molecule has 0 saturated heterocycles. The molecule has 0 aliphatic carbocycles. The van der Waals surface area contributed by atoms with Crippen LogP contribution in [0.2, 0.25) is 0 Å². The predicted molar refractivity (Wildman–Crippen MR) is 93.2 cm³/mol. The van der Waals surface area contributed by atoms with E-state index >= 15 is 0 Å². The molecule has 3 heterocycles. The summed E-state index contributed by atoms with van der Waals surface area (Å²) in [5.74, 6) is 0.866. The lowest BCUT2D eigenvalue weighted by Gasteiger charge is -2.24. The van der Waals surface area contributed by atoms with Crippen LogP contribution in [0.3, 0.4) is 0 Å². The summed E-state index contributed by atoms with van der Waals surface area (Å²) in [5, 5.41) is 8.46. The lowest BCUT2D eigenvalue weighted by molar-refractivity contribution is -0.122. The van der Waals surface area contributed by atoms with Crippen molar-refractivity contribution in [1.82, 2.24) is 24.6 Å². The second-order valence-electron chi connectivity index (χ2n) is 6.45. The van der Waals surface area contributed by atoms with Crippen LogP contribution in [0.5, 0.6) is 0 Å². The number of hydrogen-bond acceptors (Lipinski definition) is 4. The van der Waals surface area contributed by atoms with Gasteiger partial charge in [0.15, 0.2) is 0 Å². The summed E-state index contributed by atoms with van der Waals surface area (Å²) in [5.41, 5.74) is 0.748. The summed E-state index contributed by atoms with van der Waals surface area (Å²) in [7, 11) is 0. The van der Waals surface area contributed by atoms with Crippen molar-refractivity contribution >= 4 is 16.7 Å². The number of aromatic nitrogens is 4. The standard InChI is InChI=1S/C18H19N5O2/c1-12-9-22-10-14(6-7-16(22)20-12)21-17(24)11-23-18(25)15-5-3-2-4-13(15)8-19-23/h2-5,8-9,14H,6-7,10-11H2,1H3,(H,21,24). The van der Waals surface area contributed by atoms with Crippen molar-refractivity contribution in [3.8, 4) is 0 Å². The summed E-state index contributed by atoms with van der Waals surface area (Å²) in [6, 6.07) is 7.29. The summed E-state index contributed by atoms with van der Waals surface area (Å²) in [6.07, 6.45) is 5.31. The smallest absolute Gasteiger partial charge is 0.275 e. The Balaban J connectivity index is 1.46. The highest BCUT2D eigenvalue weighted by Crippen LogP contribution is 2.15. The molecule has 2 aromatic heterocycles. The molecule has 128 valence electrons. The van der Waals surface area contributed by atoms with Crippen LogP contribution >= 0.6 is 0 Å². The molecule has 1 aliphatic rings. The highest BCUT2D eigenvalue weighted by Gasteiger charge is 2.21. The minimum absolute atomic E-state index is 0.0461. The molecule has 1 N–H and O–H groups in total. The van der Waals surface area contributed by atoms with Crippen molar-refractivity contribution in [1.29, 1.82) is 0 Å². The van der Waals surface area contributed by atoms with Gasteiger partial charge in [0, 0.05) is 30.6 Å². The highest BCUT2D eigenvalue weighted by molar-refractivity contribution is 5.81. The van der Waals surface area contributed by atoms with Gasteiger partial charge in [0.1, 0.15) is 12.4 Å². The van der Waals surface area contributed by atoms with Crippen LogP contribution < -0.4 is 10.9 Å². The molecule has 25 heavy (non-hydrogen) atoms. The molecular weight excluding hydrogens is 318 g/mol. The summed E-state index contributed by atoms with van der Waals surface area (Å²) >= 11 is 0. The number of nitrogens with one attached hydrogen (secondary N) is 1. The third kappa shape index (κ3) is 3.05. The minimum Gasteiger partial charge on any atom is -0.350 e. The summed E-state index contributed by atoms with van der Waals surface area (Å²) in [4.78, 5) is 29.2. The molecule has 1 amide bonds. The van der Waals surface area contributed by atoms with Gasteiger partial charge in [-0.15, -0.1) is 0 Å². The Labute approximate surface area is 144 Å². The first-order chi connectivity index (χ1) is 12.1. The summed E-state index contributed by atoms with van der Waals surface area (Å²) in [6.45, 7) is 2.61. The molecule has 1 unspecified atom stereocenters. The minimum atomic E-state index is -0.246. The fraction of sp³-hybridized carbons (Fsp3) is 0.333. The zero-order valence-corrected chi connectivity index (χ0v) is 14.0. The quantitative estimate of drug-likeness (QED) is 0.774. The molecule has 7 nitrogen and oxygen atoms in total. The second-order valence-corrected chi connectivity index (χ2v) is 6.45. The van der Waals surface area contributed by atoms with Crippen molar-refractivity contribution in [2.75, 3.05) is 0 Å². The van der Waals surface area contributed by atoms with E-state index in [0.29, 0.717) is 11.9 Å². The number of fused-ring (bicyclic) bond motifs is 2. The number of aryl methyl sites for hydroxylation is 2. The van der Waals surface area contributed by atoms with Crippen molar-refractivity contribution in [3.63, 3.8) is 0 Å². The number of carbonyl (C=O) groups is 1. The van der Waals surface area contributed by atoms with E-state index in [1.54, 1.807) is 18.3 Å². The van der Waals surface area contributed by atoms with Gasteiger partial charge in [-0.05, 0) is 19.4 Å². The van der Waals surface area contributed by atoms with E-state index in [2.05, 4.69) is 20.0 Å². The number of hydrogen-bond donors (Lipinski definition) is 1. The van der Waals surface area contributed by atoms with Gasteiger partial charge in [0.05, 0.1) is 17.3 Å². The van der Waals surface area contributed by atoms with Crippen molar-refractivity contribution < 1.29 is 4.79 Å². The molecule has 3 aromatic rings. The lowest BCUT2D eigenvalue weighted by atomic mass is 10.1. The molecular formula is C18H19N5O2. The number of amides is 1. The van der Waals surface area contributed by atoms with Gasteiger partial charge in [0.25, 0.3) is 5.56 Å². The Bertz CT molecular complexity index is 1000. The van der Waals surface area contributed by atoms with Crippen molar-refractivity contribution in [2.24, 2.45) is 0 Å². The number of nitrogens with zero attached hydrogens (tertiary/aromatic N) is 4. The number of rotatable bonds is 3. The number of imidazole rings is 1. The second kappa shape index (κ2) is 6.16. The molecule has 0 radical (unpaired) electrons. The fourth-order valence-electron chi connectivity index (χ4n) is 3.35. The third-order valence-electron chi connectivity index (χ3n) is 4.53. The van der Waals surface area contributed by atoms with E-state index in [-0.39, 0.29) is 24.1 Å². The molecule has 0 fully saturated rings. The van der Waals surface area contributed by atoms with Crippen LogP contribution in [0.1, 0.15) is 17.9 Å². The summed E-state index contributed by atoms with van der Waals surface area (Å²) < 4.78 is 3.30. The van der Waals surface area contributed by atoms with Gasteiger partial charge in [-0.3, -0.25) is 9.59 Å². The zero-order valence-electron chi connectivity index (χ0n) is 14.0. The normalized spacial score (nSPS) is 16.6. The Morgan fingerprint density at radius 1 is 1.36 bits per heavy atom. The fourth-order valence-corrected chi connectivity index (χ4v) is 3.35. The van der Waals surface area contributed by atoms with E-state index in [1.165, 1.54) is 4.68 Å². The Morgan fingerprint density at radius 2 is 2.20 bits per heavy atom. The zero-order chi connectivity index (χ0) is 17.4. The Hall–Kier alpha value is -2.96. The third-order valence-corrected chi connectivity index (χ3v) is 4.53. The van der Waals surface area contributed by atoms with E-state index in [9.17, 15) is 9.59 Å². The Kier molecular flexibility index (Phi) is 3.83. The first-order valence-corrected chi connectivity index (χ1v) is 8.37. The molecule has 1 aromatic carbocycles. The van der Waals surface area contributed by atoms with E-state index in [4.69, 9.17) is 0 Å². The van der Waals surface area contributed by atoms with Gasteiger partial charge in [-0.25, -0.2) is 9.67 Å². The molecule has 1 atom stereocenters. The molecule has 4 rings (SSSR count).